The van der Waals surface area contributed by atoms with Crippen LogP contribution in [0.25, 0.3) is 5.57 Å². The molecule has 0 saturated heterocycles. The Balaban J connectivity index is 1.79. The minimum atomic E-state index is -0.286. The third-order valence-corrected chi connectivity index (χ3v) is 5.36. The van der Waals surface area contributed by atoms with Crippen LogP contribution >= 0.6 is 11.8 Å². The van der Waals surface area contributed by atoms with E-state index in [1.807, 2.05) is 19.1 Å². The van der Waals surface area contributed by atoms with Crippen molar-refractivity contribution >= 4 is 34.1 Å². The van der Waals surface area contributed by atoms with Gasteiger partial charge in [0.1, 0.15) is 11.6 Å². The normalized spacial score (nSPS) is 19.0. The van der Waals surface area contributed by atoms with E-state index in [-0.39, 0.29) is 23.6 Å². The van der Waals surface area contributed by atoms with Gasteiger partial charge >= 0.3 is 0 Å². The van der Waals surface area contributed by atoms with E-state index in [0.29, 0.717) is 16.6 Å². The highest BCUT2D eigenvalue weighted by atomic mass is 32.2. The third kappa shape index (κ3) is 3.06. The number of aliphatic imine (C=N–C) groups is 1. The van der Waals surface area contributed by atoms with Crippen LogP contribution in [0.5, 0.6) is 5.75 Å². The maximum atomic E-state index is 13.3. The number of halogens is 1. The standard InChI is InChI=1S/C19H16FN3O2S/c1-10-6-12(7-15-17(10)25-9-16(24)23-15)14-8-22-19(21)26-18(14)11-2-4-13(20)5-3-11/h2-8,18H,9H2,1H3,(H2,21,22)(H,23,24). The first-order valence-electron chi connectivity index (χ1n) is 8.04. The monoisotopic (exact) mass is 369 g/mol. The van der Waals surface area contributed by atoms with Crippen LogP contribution in [0.1, 0.15) is 21.9 Å². The Labute approximate surface area is 154 Å². The molecule has 0 aromatic heterocycles. The van der Waals surface area contributed by atoms with Crippen molar-refractivity contribution in [2.24, 2.45) is 10.7 Å². The van der Waals surface area contributed by atoms with Gasteiger partial charge in [0.2, 0.25) is 0 Å². The number of nitrogens with zero attached hydrogens (tertiary/aromatic N) is 1. The Morgan fingerprint density at radius 3 is 2.85 bits per heavy atom. The third-order valence-electron chi connectivity index (χ3n) is 4.25. The van der Waals surface area contributed by atoms with E-state index in [9.17, 15) is 9.18 Å². The summed E-state index contributed by atoms with van der Waals surface area (Å²) < 4.78 is 18.8. The van der Waals surface area contributed by atoms with E-state index in [0.717, 1.165) is 22.3 Å². The van der Waals surface area contributed by atoms with Gasteiger partial charge in [0.05, 0.1) is 10.9 Å². The molecular weight excluding hydrogens is 353 g/mol. The van der Waals surface area contributed by atoms with E-state index < -0.39 is 0 Å². The second kappa shape index (κ2) is 6.49. The molecule has 5 nitrogen and oxygen atoms in total. The molecule has 0 bridgehead atoms. The van der Waals surface area contributed by atoms with Gasteiger partial charge in [-0.3, -0.25) is 4.79 Å². The maximum absolute atomic E-state index is 13.3. The quantitative estimate of drug-likeness (QED) is 0.848. The van der Waals surface area contributed by atoms with Crippen molar-refractivity contribution in [3.8, 4) is 5.75 Å². The lowest BCUT2D eigenvalue weighted by Crippen LogP contribution is -2.26. The van der Waals surface area contributed by atoms with E-state index in [1.165, 1.54) is 23.9 Å². The number of carbonyl (C=O) groups is 1. The minimum absolute atomic E-state index is 0.0186. The Kier molecular flexibility index (Phi) is 4.16. The second-order valence-electron chi connectivity index (χ2n) is 6.11. The van der Waals surface area contributed by atoms with Gasteiger partial charge in [-0.25, -0.2) is 9.38 Å². The van der Waals surface area contributed by atoms with Crippen molar-refractivity contribution in [2.45, 2.75) is 12.2 Å². The Morgan fingerprint density at radius 1 is 1.31 bits per heavy atom. The Morgan fingerprint density at radius 2 is 2.08 bits per heavy atom. The molecule has 0 radical (unpaired) electrons. The fourth-order valence-electron chi connectivity index (χ4n) is 3.08. The number of nitrogens with two attached hydrogens (primary N) is 1. The van der Waals surface area contributed by atoms with Gasteiger partial charge in [0.15, 0.2) is 11.8 Å². The molecule has 2 aromatic carbocycles. The predicted octanol–water partition coefficient (Wildman–Crippen LogP) is 3.61. The van der Waals surface area contributed by atoms with Gasteiger partial charge in [0, 0.05) is 6.20 Å². The second-order valence-corrected chi connectivity index (χ2v) is 7.23. The zero-order valence-electron chi connectivity index (χ0n) is 14.0. The van der Waals surface area contributed by atoms with Crippen LogP contribution < -0.4 is 15.8 Å². The average molecular weight is 369 g/mol. The van der Waals surface area contributed by atoms with Gasteiger partial charge in [-0.05, 0) is 53.5 Å². The summed E-state index contributed by atoms with van der Waals surface area (Å²) in [5.74, 6) is 0.211. The topological polar surface area (TPSA) is 76.7 Å². The maximum Gasteiger partial charge on any atom is 0.262 e. The fraction of sp³-hybridized carbons (Fsp3) is 0.158. The first-order chi connectivity index (χ1) is 12.5. The molecule has 4 rings (SSSR count). The summed E-state index contributed by atoms with van der Waals surface area (Å²) in [5, 5.41) is 3.18. The molecule has 7 heteroatoms. The molecular formula is C19H16FN3O2S. The Bertz CT molecular complexity index is 954. The molecule has 0 fully saturated rings. The minimum Gasteiger partial charge on any atom is -0.481 e. The number of carbonyl (C=O) groups excluding carboxylic acids is 1. The molecule has 0 spiro atoms. The first kappa shape index (κ1) is 16.7. The Hall–Kier alpha value is -2.80. The predicted molar refractivity (Wildman–Crippen MR) is 102 cm³/mol. The van der Waals surface area contributed by atoms with Crippen molar-refractivity contribution in [1.82, 2.24) is 0 Å². The number of thioether (sulfide) groups is 1. The number of rotatable bonds is 2. The number of aryl methyl sites for hydroxylation is 1. The molecule has 1 amide bonds. The number of hydrogen-bond donors (Lipinski definition) is 2. The summed E-state index contributed by atoms with van der Waals surface area (Å²) in [6.45, 7) is 1.95. The molecule has 2 aliphatic rings. The number of nitrogens with one attached hydrogen (secondary N) is 1. The van der Waals surface area contributed by atoms with Crippen LogP contribution in [0.2, 0.25) is 0 Å². The van der Waals surface area contributed by atoms with Crippen LogP contribution in [-0.2, 0) is 4.79 Å². The SMILES string of the molecule is Cc1cc(C2=CN=C(N)SC2c2ccc(F)cc2)cc2c1OCC(=O)N2. The lowest BCUT2D eigenvalue weighted by Gasteiger charge is -2.26. The molecule has 132 valence electrons. The molecule has 2 aromatic rings. The first-order valence-corrected chi connectivity index (χ1v) is 8.92. The lowest BCUT2D eigenvalue weighted by molar-refractivity contribution is -0.118. The van der Waals surface area contributed by atoms with Gasteiger partial charge in [0.25, 0.3) is 5.91 Å². The van der Waals surface area contributed by atoms with Gasteiger partial charge in [-0.1, -0.05) is 23.9 Å². The molecule has 3 N–H and O–H groups in total. The zero-order valence-corrected chi connectivity index (χ0v) is 14.8. The van der Waals surface area contributed by atoms with Crippen LogP contribution in [-0.4, -0.2) is 17.7 Å². The summed E-state index contributed by atoms with van der Waals surface area (Å²) in [6.07, 6.45) is 1.73. The van der Waals surface area contributed by atoms with Gasteiger partial charge < -0.3 is 15.8 Å². The van der Waals surface area contributed by atoms with Crippen LogP contribution in [0.4, 0.5) is 10.1 Å². The summed E-state index contributed by atoms with van der Waals surface area (Å²) in [6, 6.07) is 10.2. The van der Waals surface area contributed by atoms with Crippen molar-refractivity contribution in [1.29, 1.82) is 0 Å². The van der Waals surface area contributed by atoms with E-state index in [1.54, 1.807) is 18.3 Å². The zero-order chi connectivity index (χ0) is 18.3. The molecule has 0 aliphatic carbocycles. The highest BCUT2D eigenvalue weighted by Gasteiger charge is 2.26. The van der Waals surface area contributed by atoms with E-state index >= 15 is 0 Å². The number of fused-ring (bicyclic) bond motifs is 1. The largest absolute Gasteiger partial charge is 0.481 e. The van der Waals surface area contributed by atoms with Crippen LogP contribution in [0.3, 0.4) is 0 Å². The van der Waals surface area contributed by atoms with Crippen molar-refractivity contribution < 1.29 is 13.9 Å². The van der Waals surface area contributed by atoms with Crippen molar-refractivity contribution in [3.05, 3.63) is 65.1 Å². The number of anilines is 1. The molecule has 1 unspecified atom stereocenters. The summed E-state index contributed by atoms with van der Waals surface area (Å²) >= 11 is 1.41. The van der Waals surface area contributed by atoms with Crippen LogP contribution in [0, 0.1) is 12.7 Å². The lowest BCUT2D eigenvalue weighted by atomic mass is 9.95. The highest BCUT2D eigenvalue weighted by molar-refractivity contribution is 8.14. The van der Waals surface area contributed by atoms with Crippen molar-refractivity contribution in [3.63, 3.8) is 0 Å². The summed E-state index contributed by atoms with van der Waals surface area (Å²) in [7, 11) is 0. The number of amidine groups is 1. The van der Waals surface area contributed by atoms with Gasteiger partial charge in [-0.2, -0.15) is 0 Å². The number of benzene rings is 2. The number of hydrogen-bond acceptors (Lipinski definition) is 5. The van der Waals surface area contributed by atoms with Gasteiger partial charge in [-0.15, -0.1) is 0 Å². The van der Waals surface area contributed by atoms with E-state index in [2.05, 4.69) is 10.3 Å². The summed E-state index contributed by atoms with van der Waals surface area (Å²) in [4.78, 5) is 15.9. The highest BCUT2D eigenvalue weighted by Crippen LogP contribution is 2.45. The molecule has 0 saturated carbocycles. The fourth-order valence-corrected chi connectivity index (χ4v) is 4.05. The average Bonchev–Trinajstić information content (AvgIpc) is 2.62. The van der Waals surface area contributed by atoms with Crippen molar-refractivity contribution in [2.75, 3.05) is 11.9 Å². The van der Waals surface area contributed by atoms with Crippen LogP contribution in [0.15, 0.2) is 47.6 Å². The molecule has 26 heavy (non-hydrogen) atoms. The van der Waals surface area contributed by atoms with E-state index in [4.69, 9.17) is 10.5 Å². The molecule has 2 aliphatic heterocycles. The smallest absolute Gasteiger partial charge is 0.262 e. The molecule has 1 atom stereocenters. The summed E-state index contributed by atoms with van der Waals surface area (Å²) in [5.41, 5.74) is 10.2. The number of ether oxygens (including phenoxy) is 1. The number of amides is 1. The molecule has 2 heterocycles.